The molecule has 0 bridgehead atoms. The highest BCUT2D eigenvalue weighted by Crippen LogP contribution is 2.22. The van der Waals surface area contributed by atoms with Gasteiger partial charge in [0, 0.05) is 22.8 Å². The Balaban J connectivity index is 1.71. The van der Waals surface area contributed by atoms with Gasteiger partial charge in [0.05, 0.1) is 4.92 Å². The first-order valence-corrected chi connectivity index (χ1v) is 9.89. The molecule has 7 nitrogen and oxygen atoms in total. The number of aryl methyl sites for hydroxylation is 1. The third-order valence-corrected chi connectivity index (χ3v) is 4.77. The van der Waals surface area contributed by atoms with Crippen LogP contribution in [0.3, 0.4) is 0 Å². The van der Waals surface area contributed by atoms with Crippen LogP contribution in [0.5, 0.6) is 5.75 Å². The Morgan fingerprint density at radius 2 is 1.94 bits per heavy atom. The number of halogens is 1. The molecule has 0 aromatic heterocycles. The minimum absolute atomic E-state index is 0.0103. The van der Waals surface area contributed by atoms with E-state index in [-0.39, 0.29) is 17.9 Å². The lowest BCUT2D eigenvalue weighted by atomic mass is 10.1. The van der Waals surface area contributed by atoms with Crippen LogP contribution in [0.15, 0.2) is 72.3 Å². The monoisotopic (exact) mass is 447 g/mol. The number of nitro benzene ring substituents is 1. The molecule has 0 aliphatic rings. The lowest BCUT2D eigenvalue weighted by Gasteiger charge is -2.09. The Morgan fingerprint density at radius 3 is 2.62 bits per heavy atom. The van der Waals surface area contributed by atoms with Gasteiger partial charge in [-0.05, 0) is 66.1 Å². The predicted octanol–water partition coefficient (Wildman–Crippen LogP) is 5.68. The van der Waals surface area contributed by atoms with Crippen LogP contribution in [0, 0.1) is 28.4 Å². The zero-order chi connectivity index (χ0) is 23.1. The highest BCUT2D eigenvalue weighted by Gasteiger charge is 2.12. The minimum Gasteiger partial charge on any atom is -0.489 e. The van der Waals surface area contributed by atoms with Crippen molar-refractivity contribution in [3.63, 3.8) is 0 Å². The normalized spacial score (nSPS) is 10.8. The van der Waals surface area contributed by atoms with Crippen LogP contribution >= 0.6 is 11.6 Å². The van der Waals surface area contributed by atoms with E-state index in [0.29, 0.717) is 22.0 Å². The van der Waals surface area contributed by atoms with Crippen molar-refractivity contribution < 1.29 is 14.5 Å². The Hall–Kier alpha value is -4.15. The molecule has 0 saturated carbocycles. The largest absolute Gasteiger partial charge is 0.489 e. The van der Waals surface area contributed by atoms with Crippen LogP contribution in [-0.4, -0.2) is 10.8 Å². The van der Waals surface area contributed by atoms with Gasteiger partial charge in [0.15, 0.2) is 0 Å². The summed E-state index contributed by atoms with van der Waals surface area (Å²) in [4.78, 5) is 22.8. The van der Waals surface area contributed by atoms with Gasteiger partial charge in [-0.1, -0.05) is 29.8 Å². The number of hydrogen-bond donors (Lipinski definition) is 1. The van der Waals surface area contributed by atoms with Gasteiger partial charge < -0.3 is 10.1 Å². The van der Waals surface area contributed by atoms with Crippen molar-refractivity contribution in [2.45, 2.75) is 13.5 Å². The standard InChI is InChI=1S/C24H18ClN3O4/c1-16-5-8-20(25)13-23(16)27-24(29)19(14-26)11-18-3-2-4-22(12-18)32-15-17-6-9-21(10-7-17)28(30)31/h2-13H,15H2,1H3,(H,27,29)/b19-11-. The number of benzene rings is 3. The number of hydrogen-bond acceptors (Lipinski definition) is 5. The Bertz CT molecular complexity index is 1230. The van der Waals surface area contributed by atoms with E-state index >= 15 is 0 Å². The molecule has 0 atom stereocenters. The fourth-order valence-corrected chi connectivity index (χ4v) is 2.98. The summed E-state index contributed by atoms with van der Waals surface area (Å²) in [6.45, 7) is 2.04. The molecular weight excluding hydrogens is 430 g/mol. The van der Waals surface area contributed by atoms with Crippen molar-refractivity contribution in [3.8, 4) is 11.8 Å². The van der Waals surface area contributed by atoms with Gasteiger partial charge in [-0.2, -0.15) is 5.26 Å². The molecule has 0 aliphatic carbocycles. The lowest BCUT2D eigenvalue weighted by Crippen LogP contribution is -2.14. The van der Waals surface area contributed by atoms with E-state index in [1.807, 2.05) is 13.0 Å². The number of ether oxygens (including phenoxy) is 1. The molecule has 0 radical (unpaired) electrons. The summed E-state index contributed by atoms with van der Waals surface area (Å²) in [7, 11) is 0. The Labute approximate surface area is 189 Å². The second-order valence-electron chi connectivity index (χ2n) is 6.87. The number of nitrogens with one attached hydrogen (secondary N) is 1. The molecule has 0 heterocycles. The van der Waals surface area contributed by atoms with Gasteiger partial charge in [0.1, 0.15) is 24.0 Å². The third kappa shape index (κ3) is 5.94. The van der Waals surface area contributed by atoms with Crippen LogP contribution in [0.1, 0.15) is 16.7 Å². The number of nitrogens with zero attached hydrogens (tertiary/aromatic N) is 2. The van der Waals surface area contributed by atoms with Crippen LogP contribution in [-0.2, 0) is 11.4 Å². The van der Waals surface area contributed by atoms with Gasteiger partial charge in [0.2, 0.25) is 0 Å². The molecule has 32 heavy (non-hydrogen) atoms. The second kappa shape index (κ2) is 10.2. The van der Waals surface area contributed by atoms with Crippen molar-refractivity contribution in [3.05, 3.63) is 104 Å². The maximum atomic E-state index is 12.6. The fraction of sp³-hybridized carbons (Fsp3) is 0.0833. The van der Waals surface area contributed by atoms with Gasteiger partial charge in [-0.15, -0.1) is 0 Å². The average Bonchev–Trinajstić information content (AvgIpc) is 2.79. The number of anilines is 1. The van der Waals surface area contributed by atoms with Crippen molar-refractivity contribution in [2.75, 3.05) is 5.32 Å². The first kappa shape index (κ1) is 22.5. The summed E-state index contributed by atoms with van der Waals surface area (Å²) >= 11 is 5.98. The van der Waals surface area contributed by atoms with Crippen LogP contribution < -0.4 is 10.1 Å². The summed E-state index contributed by atoms with van der Waals surface area (Å²) in [5.74, 6) is -0.0180. The molecular formula is C24H18ClN3O4. The molecule has 160 valence electrons. The van der Waals surface area contributed by atoms with Crippen molar-refractivity contribution >= 4 is 35.0 Å². The summed E-state index contributed by atoms with van der Waals surface area (Å²) in [6.07, 6.45) is 1.47. The maximum absolute atomic E-state index is 12.6. The zero-order valence-corrected chi connectivity index (χ0v) is 17.8. The molecule has 0 spiro atoms. The molecule has 1 amide bonds. The fourth-order valence-electron chi connectivity index (χ4n) is 2.81. The molecule has 0 unspecified atom stereocenters. The van der Waals surface area contributed by atoms with Crippen molar-refractivity contribution in [1.82, 2.24) is 0 Å². The number of nitro groups is 1. The predicted molar refractivity (Wildman–Crippen MR) is 122 cm³/mol. The van der Waals surface area contributed by atoms with E-state index < -0.39 is 10.8 Å². The first-order chi connectivity index (χ1) is 15.4. The molecule has 0 aliphatic heterocycles. The summed E-state index contributed by atoms with van der Waals surface area (Å²) in [5.41, 5.74) is 2.67. The first-order valence-electron chi connectivity index (χ1n) is 9.51. The van der Waals surface area contributed by atoms with Crippen LogP contribution in [0.25, 0.3) is 6.08 Å². The van der Waals surface area contributed by atoms with Crippen LogP contribution in [0.4, 0.5) is 11.4 Å². The van der Waals surface area contributed by atoms with E-state index in [9.17, 15) is 20.2 Å². The highest BCUT2D eigenvalue weighted by atomic mass is 35.5. The van der Waals surface area contributed by atoms with E-state index in [1.165, 1.54) is 18.2 Å². The number of rotatable bonds is 7. The van der Waals surface area contributed by atoms with Crippen molar-refractivity contribution in [1.29, 1.82) is 5.26 Å². The number of carbonyl (C=O) groups is 1. The van der Waals surface area contributed by atoms with Crippen LogP contribution in [0.2, 0.25) is 5.02 Å². The Kier molecular flexibility index (Phi) is 7.21. The molecule has 3 rings (SSSR count). The minimum atomic E-state index is -0.546. The number of nitriles is 1. The van der Waals surface area contributed by atoms with Gasteiger partial charge in [-0.25, -0.2) is 0 Å². The third-order valence-electron chi connectivity index (χ3n) is 4.53. The lowest BCUT2D eigenvalue weighted by molar-refractivity contribution is -0.384. The van der Waals surface area contributed by atoms with Crippen molar-refractivity contribution in [2.24, 2.45) is 0 Å². The summed E-state index contributed by atoms with van der Waals surface area (Å²) in [5, 5.41) is 23.4. The maximum Gasteiger partial charge on any atom is 0.269 e. The SMILES string of the molecule is Cc1ccc(Cl)cc1NC(=O)/C(C#N)=C\c1cccc(OCc2ccc([N+](=O)[O-])cc2)c1. The Morgan fingerprint density at radius 1 is 1.19 bits per heavy atom. The molecule has 3 aromatic rings. The van der Waals surface area contributed by atoms with Gasteiger partial charge in [-0.3, -0.25) is 14.9 Å². The van der Waals surface area contributed by atoms with E-state index in [4.69, 9.17) is 16.3 Å². The smallest absolute Gasteiger partial charge is 0.269 e. The molecule has 3 aromatic carbocycles. The quantitative estimate of drug-likeness (QED) is 0.217. The summed E-state index contributed by atoms with van der Waals surface area (Å²) < 4.78 is 5.74. The highest BCUT2D eigenvalue weighted by molar-refractivity contribution is 6.31. The topological polar surface area (TPSA) is 105 Å². The molecule has 8 heteroatoms. The average molecular weight is 448 g/mol. The van der Waals surface area contributed by atoms with E-state index in [2.05, 4.69) is 5.32 Å². The zero-order valence-electron chi connectivity index (χ0n) is 17.0. The van der Waals surface area contributed by atoms with E-state index in [1.54, 1.807) is 54.6 Å². The summed E-state index contributed by atoms with van der Waals surface area (Å²) in [6, 6.07) is 20.0. The number of non-ortho nitro benzene ring substituents is 1. The number of carbonyl (C=O) groups excluding carboxylic acids is 1. The van der Waals surface area contributed by atoms with Gasteiger partial charge in [0.25, 0.3) is 11.6 Å². The van der Waals surface area contributed by atoms with Gasteiger partial charge >= 0.3 is 0 Å². The molecule has 0 saturated heterocycles. The molecule has 1 N–H and O–H groups in total. The number of amides is 1. The second-order valence-corrected chi connectivity index (χ2v) is 7.30. The molecule has 0 fully saturated rings. The van der Waals surface area contributed by atoms with E-state index in [0.717, 1.165) is 11.1 Å².